The molecule has 5 nitrogen and oxygen atoms in total. The van der Waals surface area contributed by atoms with Crippen molar-refractivity contribution in [2.24, 2.45) is 0 Å². The van der Waals surface area contributed by atoms with Crippen LogP contribution < -0.4 is 10.1 Å². The molecule has 3 rings (SSSR count). The van der Waals surface area contributed by atoms with Crippen molar-refractivity contribution in [1.82, 2.24) is 4.98 Å². The fourth-order valence-electron chi connectivity index (χ4n) is 2.35. The van der Waals surface area contributed by atoms with Crippen LogP contribution in [0.1, 0.15) is 11.1 Å². The Bertz CT molecular complexity index is 976. The van der Waals surface area contributed by atoms with Crippen molar-refractivity contribution < 1.29 is 9.53 Å². The third-order valence-corrected chi connectivity index (χ3v) is 5.33. The van der Waals surface area contributed by atoms with E-state index in [-0.39, 0.29) is 11.7 Å². The molecule has 25 heavy (non-hydrogen) atoms. The summed E-state index contributed by atoms with van der Waals surface area (Å²) >= 11 is 2.70. The van der Waals surface area contributed by atoms with E-state index in [4.69, 9.17) is 10.00 Å². The van der Waals surface area contributed by atoms with Gasteiger partial charge in [-0.3, -0.25) is 4.79 Å². The normalized spacial score (nSPS) is 10.4. The minimum atomic E-state index is -0.158. The Morgan fingerprint density at radius 1 is 1.40 bits per heavy atom. The van der Waals surface area contributed by atoms with Gasteiger partial charge in [-0.15, -0.1) is 11.3 Å². The third-order valence-electron chi connectivity index (χ3n) is 3.59. The van der Waals surface area contributed by atoms with Gasteiger partial charge in [-0.2, -0.15) is 5.26 Å². The first-order chi connectivity index (χ1) is 12.1. The van der Waals surface area contributed by atoms with Crippen molar-refractivity contribution >= 4 is 44.9 Å². The molecule has 0 aliphatic rings. The van der Waals surface area contributed by atoms with Crippen molar-refractivity contribution in [2.75, 3.05) is 18.2 Å². The molecule has 0 fully saturated rings. The summed E-state index contributed by atoms with van der Waals surface area (Å²) in [6, 6.07) is 11.5. The highest BCUT2D eigenvalue weighted by molar-refractivity contribution is 7.99. The summed E-state index contributed by atoms with van der Waals surface area (Å²) in [5.74, 6) is 0.820. The molecule has 2 heterocycles. The minimum Gasteiger partial charge on any atom is -0.497 e. The number of thiophene rings is 1. The number of hydrogen-bond donors (Lipinski definition) is 1. The van der Waals surface area contributed by atoms with E-state index in [0.29, 0.717) is 10.6 Å². The smallest absolute Gasteiger partial charge is 0.235 e. The number of methoxy groups -OCH3 is 1. The Labute approximate surface area is 153 Å². The lowest BCUT2D eigenvalue weighted by molar-refractivity contribution is -0.113. The lowest BCUT2D eigenvalue weighted by Gasteiger charge is -2.08. The van der Waals surface area contributed by atoms with Gasteiger partial charge in [0.1, 0.15) is 16.8 Å². The average molecular weight is 369 g/mol. The molecule has 7 heteroatoms. The number of amides is 1. The fraction of sp³-hybridized carbons (Fsp3) is 0.167. The van der Waals surface area contributed by atoms with Crippen LogP contribution in [-0.2, 0) is 4.79 Å². The van der Waals surface area contributed by atoms with Gasteiger partial charge in [-0.25, -0.2) is 4.98 Å². The maximum atomic E-state index is 12.1. The van der Waals surface area contributed by atoms with Gasteiger partial charge in [0.2, 0.25) is 5.91 Å². The second-order valence-corrected chi connectivity index (χ2v) is 7.18. The highest BCUT2D eigenvalue weighted by atomic mass is 32.2. The summed E-state index contributed by atoms with van der Waals surface area (Å²) in [6.45, 7) is 2.02. The second-order valence-electron chi connectivity index (χ2n) is 5.27. The Balaban J connectivity index is 1.72. The Hall–Kier alpha value is -2.56. The third kappa shape index (κ3) is 3.92. The number of nitrogens with one attached hydrogen (secondary N) is 1. The van der Waals surface area contributed by atoms with E-state index < -0.39 is 0 Å². The molecule has 0 atom stereocenters. The van der Waals surface area contributed by atoms with Crippen LogP contribution in [0.4, 0.5) is 5.00 Å². The highest BCUT2D eigenvalue weighted by Gasteiger charge is 2.10. The number of nitrogens with zero attached hydrogens (tertiary/aromatic N) is 2. The molecule has 0 aliphatic carbocycles. The highest BCUT2D eigenvalue weighted by Crippen LogP contribution is 2.27. The molecule has 1 N–H and O–H groups in total. The number of benzene rings is 1. The number of rotatable bonds is 5. The largest absolute Gasteiger partial charge is 0.497 e. The predicted molar refractivity (Wildman–Crippen MR) is 101 cm³/mol. The lowest BCUT2D eigenvalue weighted by atomic mass is 10.1. The number of ether oxygens (including phenoxy) is 1. The van der Waals surface area contributed by atoms with Crippen LogP contribution in [0.3, 0.4) is 0 Å². The number of carbonyl (C=O) groups is 1. The predicted octanol–water partition coefficient (Wildman–Crippen LogP) is 4.22. The molecule has 2 aromatic heterocycles. The van der Waals surface area contributed by atoms with Crippen LogP contribution in [0, 0.1) is 18.3 Å². The monoisotopic (exact) mass is 369 g/mol. The molecule has 0 bridgehead atoms. The first-order valence-electron chi connectivity index (χ1n) is 7.46. The molecule has 0 saturated carbocycles. The summed E-state index contributed by atoms with van der Waals surface area (Å²) in [5, 5.41) is 16.0. The zero-order valence-electron chi connectivity index (χ0n) is 13.7. The summed E-state index contributed by atoms with van der Waals surface area (Å²) in [7, 11) is 1.62. The van der Waals surface area contributed by atoms with Crippen molar-refractivity contribution in [3.05, 3.63) is 46.8 Å². The summed E-state index contributed by atoms with van der Waals surface area (Å²) in [4.78, 5) is 16.7. The fourth-order valence-corrected chi connectivity index (χ4v) is 3.88. The van der Waals surface area contributed by atoms with E-state index in [1.807, 2.05) is 31.2 Å². The maximum absolute atomic E-state index is 12.1. The van der Waals surface area contributed by atoms with Crippen LogP contribution in [0.25, 0.3) is 10.9 Å². The molecule has 0 unspecified atom stereocenters. The van der Waals surface area contributed by atoms with Gasteiger partial charge >= 0.3 is 0 Å². The number of aryl methyl sites for hydroxylation is 1. The number of carbonyl (C=O) groups excluding carboxylic acids is 1. The first-order valence-corrected chi connectivity index (χ1v) is 9.33. The molecule has 0 aliphatic heterocycles. The molecule has 1 amide bonds. The second kappa shape index (κ2) is 7.55. The van der Waals surface area contributed by atoms with E-state index in [9.17, 15) is 4.79 Å². The van der Waals surface area contributed by atoms with Crippen LogP contribution in [0.15, 0.2) is 40.7 Å². The number of anilines is 1. The van der Waals surface area contributed by atoms with Gasteiger partial charge < -0.3 is 10.1 Å². The maximum Gasteiger partial charge on any atom is 0.235 e. The van der Waals surface area contributed by atoms with E-state index in [1.54, 1.807) is 18.6 Å². The van der Waals surface area contributed by atoms with Gasteiger partial charge in [0.15, 0.2) is 0 Å². The Morgan fingerprint density at radius 3 is 3.00 bits per heavy atom. The molecule has 0 spiro atoms. The van der Waals surface area contributed by atoms with Gasteiger partial charge in [0, 0.05) is 11.5 Å². The van der Waals surface area contributed by atoms with E-state index in [1.165, 1.54) is 23.1 Å². The molecule has 126 valence electrons. The number of aromatic nitrogens is 1. The van der Waals surface area contributed by atoms with Crippen molar-refractivity contribution in [1.29, 1.82) is 5.26 Å². The van der Waals surface area contributed by atoms with E-state index in [2.05, 4.69) is 16.4 Å². The van der Waals surface area contributed by atoms with Gasteiger partial charge in [0.05, 0.1) is 29.0 Å². The van der Waals surface area contributed by atoms with Crippen molar-refractivity contribution in [2.45, 2.75) is 11.9 Å². The number of thioether (sulfide) groups is 1. The topological polar surface area (TPSA) is 75.0 Å². The van der Waals surface area contributed by atoms with E-state index >= 15 is 0 Å². The number of fused-ring (bicyclic) bond motifs is 1. The van der Waals surface area contributed by atoms with Gasteiger partial charge in [-0.1, -0.05) is 11.8 Å². The molecule has 3 aromatic rings. The van der Waals surface area contributed by atoms with Crippen LogP contribution >= 0.6 is 23.1 Å². The first kappa shape index (κ1) is 17.3. The quantitative estimate of drug-likeness (QED) is 0.682. The summed E-state index contributed by atoms with van der Waals surface area (Å²) in [6.07, 6.45) is 0. The van der Waals surface area contributed by atoms with Crippen molar-refractivity contribution in [3.63, 3.8) is 0 Å². The summed E-state index contributed by atoms with van der Waals surface area (Å²) in [5.41, 5.74) is 2.42. The minimum absolute atomic E-state index is 0.158. The Morgan fingerprint density at radius 2 is 2.24 bits per heavy atom. The number of pyridine rings is 1. The lowest BCUT2D eigenvalue weighted by Crippen LogP contribution is -2.13. The molecule has 0 saturated heterocycles. The number of hydrogen-bond acceptors (Lipinski definition) is 6. The molecular formula is C18H15N3O2S2. The Kier molecular flexibility index (Phi) is 5.22. The molecule has 0 radical (unpaired) electrons. The summed E-state index contributed by atoms with van der Waals surface area (Å²) < 4.78 is 5.24. The van der Waals surface area contributed by atoms with Crippen LogP contribution in [-0.4, -0.2) is 23.8 Å². The van der Waals surface area contributed by atoms with Gasteiger partial charge in [0.25, 0.3) is 0 Å². The van der Waals surface area contributed by atoms with E-state index in [0.717, 1.165) is 27.2 Å². The SMILES string of the molecule is COc1ccc2c(C)cc(SCC(=O)Nc3sccc3C#N)nc2c1. The molecular weight excluding hydrogens is 354 g/mol. The van der Waals surface area contributed by atoms with Crippen LogP contribution in [0.2, 0.25) is 0 Å². The van der Waals surface area contributed by atoms with Crippen molar-refractivity contribution in [3.8, 4) is 11.8 Å². The average Bonchev–Trinajstić information content (AvgIpc) is 3.06. The molecule has 1 aromatic carbocycles. The van der Waals surface area contributed by atoms with Crippen LogP contribution in [0.5, 0.6) is 5.75 Å². The van der Waals surface area contributed by atoms with Gasteiger partial charge in [-0.05, 0) is 42.1 Å². The zero-order chi connectivity index (χ0) is 17.8. The standard InChI is InChI=1S/C18H15N3O2S2/c1-11-7-17(20-15-8-13(23-2)3-4-14(11)15)25-10-16(22)21-18-12(9-19)5-6-24-18/h3-8H,10H2,1-2H3,(H,21,22). The number of nitriles is 1. The zero-order valence-corrected chi connectivity index (χ0v) is 15.3.